The molecule has 0 spiro atoms. The minimum absolute atomic E-state index is 0.129. The van der Waals surface area contributed by atoms with E-state index in [0.29, 0.717) is 32.0 Å². The highest BCUT2D eigenvalue weighted by molar-refractivity contribution is 5.94. The summed E-state index contributed by atoms with van der Waals surface area (Å²) in [6.45, 7) is 1.67. The summed E-state index contributed by atoms with van der Waals surface area (Å²) in [5.74, 6) is -2.44. The summed E-state index contributed by atoms with van der Waals surface area (Å²) < 4.78 is 31.9. The van der Waals surface area contributed by atoms with Crippen molar-refractivity contribution in [3.63, 3.8) is 0 Å². The molecule has 2 fully saturated rings. The number of hydrogen-bond acceptors (Lipinski definition) is 3. The molecule has 0 aliphatic carbocycles. The van der Waals surface area contributed by atoms with E-state index < -0.39 is 11.6 Å². The van der Waals surface area contributed by atoms with Gasteiger partial charge in [-0.25, -0.2) is 8.78 Å². The highest BCUT2D eigenvalue weighted by Crippen LogP contribution is 2.31. The van der Waals surface area contributed by atoms with E-state index in [4.69, 9.17) is 10.5 Å². The number of nitrogens with two attached hydrogens (primary N) is 1. The van der Waals surface area contributed by atoms with Crippen molar-refractivity contribution >= 4 is 11.8 Å². The van der Waals surface area contributed by atoms with E-state index in [-0.39, 0.29) is 29.4 Å². The summed E-state index contributed by atoms with van der Waals surface area (Å²) in [4.78, 5) is 25.5. The number of nitrogens with zero attached hydrogens (tertiary/aromatic N) is 1. The van der Waals surface area contributed by atoms with Crippen LogP contribution < -0.4 is 5.73 Å². The van der Waals surface area contributed by atoms with Gasteiger partial charge in [0.15, 0.2) is 11.6 Å². The van der Waals surface area contributed by atoms with Crippen molar-refractivity contribution in [3.05, 3.63) is 35.4 Å². The average molecular weight is 352 g/mol. The zero-order valence-electron chi connectivity index (χ0n) is 13.9. The fourth-order valence-corrected chi connectivity index (χ4v) is 3.72. The number of halogens is 2. The number of amides is 2. The molecule has 7 heteroatoms. The molecule has 2 amide bonds. The number of benzene rings is 1. The van der Waals surface area contributed by atoms with Gasteiger partial charge in [-0.15, -0.1) is 0 Å². The van der Waals surface area contributed by atoms with Crippen molar-refractivity contribution < 1.29 is 23.1 Å². The fraction of sp³-hybridized carbons (Fsp3) is 0.556. The first-order valence-corrected chi connectivity index (χ1v) is 8.61. The lowest BCUT2D eigenvalue weighted by Gasteiger charge is -2.33. The van der Waals surface area contributed by atoms with Crippen LogP contribution in [0.5, 0.6) is 0 Å². The second kappa shape index (κ2) is 7.47. The second-order valence-electron chi connectivity index (χ2n) is 6.81. The molecule has 2 N–H and O–H groups in total. The lowest BCUT2D eigenvalue weighted by atomic mass is 9.86. The van der Waals surface area contributed by atoms with Crippen LogP contribution >= 0.6 is 0 Å². The molecule has 5 nitrogen and oxygen atoms in total. The van der Waals surface area contributed by atoms with Crippen LogP contribution in [-0.4, -0.2) is 42.5 Å². The van der Waals surface area contributed by atoms with E-state index in [1.165, 1.54) is 6.07 Å². The molecule has 1 aromatic carbocycles. The van der Waals surface area contributed by atoms with Crippen LogP contribution in [0, 0.1) is 23.5 Å². The van der Waals surface area contributed by atoms with Gasteiger partial charge in [-0.2, -0.15) is 0 Å². The summed E-state index contributed by atoms with van der Waals surface area (Å²) in [6, 6.07) is 3.21. The van der Waals surface area contributed by atoms with E-state index in [1.54, 1.807) is 4.90 Å². The van der Waals surface area contributed by atoms with Gasteiger partial charge in [-0.05, 0) is 49.8 Å². The number of carbonyl (C=O) groups is 2. The summed E-state index contributed by atoms with van der Waals surface area (Å²) in [5.41, 5.74) is 5.57. The number of ether oxygens (including phenoxy) is 1. The molecule has 2 aliphatic rings. The predicted octanol–water partition coefficient (Wildman–Crippen LogP) is 2.10. The number of rotatable bonds is 4. The number of primary amides is 1. The Hall–Kier alpha value is -2.02. The summed E-state index contributed by atoms with van der Waals surface area (Å²) in [5, 5.41) is 0. The van der Waals surface area contributed by atoms with Crippen LogP contribution in [0.15, 0.2) is 18.2 Å². The Morgan fingerprint density at radius 1 is 1.16 bits per heavy atom. The minimum atomic E-state index is -1.02. The molecule has 2 heterocycles. The van der Waals surface area contributed by atoms with Gasteiger partial charge in [0.25, 0.3) is 5.91 Å². The van der Waals surface area contributed by atoms with Gasteiger partial charge in [-0.1, -0.05) is 0 Å². The first kappa shape index (κ1) is 17.8. The van der Waals surface area contributed by atoms with Gasteiger partial charge < -0.3 is 15.4 Å². The predicted molar refractivity (Wildman–Crippen MR) is 86.6 cm³/mol. The summed E-state index contributed by atoms with van der Waals surface area (Å²) in [7, 11) is 0. The van der Waals surface area contributed by atoms with Crippen LogP contribution in [0.4, 0.5) is 8.78 Å². The molecule has 1 aromatic rings. The smallest absolute Gasteiger partial charge is 0.253 e. The molecule has 136 valence electrons. The van der Waals surface area contributed by atoms with Crippen molar-refractivity contribution in [1.82, 2.24) is 4.90 Å². The molecular weight excluding hydrogens is 330 g/mol. The summed E-state index contributed by atoms with van der Waals surface area (Å²) >= 11 is 0. The molecule has 25 heavy (non-hydrogen) atoms. The Morgan fingerprint density at radius 2 is 1.88 bits per heavy atom. The number of piperidine rings is 1. The topological polar surface area (TPSA) is 72.6 Å². The van der Waals surface area contributed by atoms with Crippen LogP contribution in [0.3, 0.4) is 0 Å². The maximum Gasteiger partial charge on any atom is 0.253 e. The Morgan fingerprint density at radius 3 is 2.52 bits per heavy atom. The molecule has 2 aliphatic heterocycles. The SMILES string of the molecule is NC(=O)[C@@H]1CCO[C@@H]1CC1CCN(C(=O)c2ccc(F)c(F)c2)CC1. The molecule has 2 atom stereocenters. The number of likely N-dealkylation sites (tertiary alicyclic amines) is 1. The van der Waals surface area contributed by atoms with E-state index in [2.05, 4.69) is 0 Å². The molecule has 0 bridgehead atoms. The van der Waals surface area contributed by atoms with Gasteiger partial charge in [-0.3, -0.25) is 9.59 Å². The molecule has 0 aromatic heterocycles. The van der Waals surface area contributed by atoms with Gasteiger partial charge >= 0.3 is 0 Å². The van der Waals surface area contributed by atoms with Crippen LogP contribution in [0.25, 0.3) is 0 Å². The van der Waals surface area contributed by atoms with E-state index in [0.717, 1.165) is 31.4 Å². The first-order chi connectivity index (χ1) is 12.0. The Kier molecular flexibility index (Phi) is 5.32. The second-order valence-corrected chi connectivity index (χ2v) is 6.81. The van der Waals surface area contributed by atoms with Crippen LogP contribution in [-0.2, 0) is 9.53 Å². The van der Waals surface area contributed by atoms with Gasteiger partial charge in [0.2, 0.25) is 5.91 Å². The molecule has 3 rings (SSSR count). The maximum absolute atomic E-state index is 13.3. The van der Waals surface area contributed by atoms with Crippen LogP contribution in [0.1, 0.15) is 36.0 Å². The van der Waals surface area contributed by atoms with Crippen molar-refractivity contribution in [2.45, 2.75) is 31.8 Å². The zero-order chi connectivity index (χ0) is 18.0. The van der Waals surface area contributed by atoms with Gasteiger partial charge in [0.1, 0.15) is 0 Å². The third-order valence-corrected chi connectivity index (χ3v) is 5.21. The molecule has 0 radical (unpaired) electrons. The van der Waals surface area contributed by atoms with E-state index >= 15 is 0 Å². The largest absolute Gasteiger partial charge is 0.377 e. The monoisotopic (exact) mass is 352 g/mol. The molecule has 0 saturated carbocycles. The fourth-order valence-electron chi connectivity index (χ4n) is 3.72. The highest BCUT2D eigenvalue weighted by atomic mass is 19.2. The average Bonchev–Trinajstić information content (AvgIpc) is 3.06. The quantitative estimate of drug-likeness (QED) is 0.902. The molecule has 0 unspecified atom stereocenters. The Labute approximate surface area is 145 Å². The van der Waals surface area contributed by atoms with Crippen molar-refractivity contribution in [2.75, 3.05) is 19.7 Å². The van der Waals surface area contributed by atoms with E-state index in [1.807, 2.05) is 0 Å². The number of carbonyl (C=O) groups excluding carboxylic acids is 2. The third kappa shape index (κ3) is 3.98. The van der Waals surface area contributed by atoms with Gasteiger partial charge in [0.05, 0.1) is 12.0 Å². The highest BCUT2D eigenvalue weighted by Gasteiger charge is 2.35. The molecule has 2 saturated heterocycles. The Balaban J connectivity index is 1.54. The van der Waals surface area contributed by atoms with Crippen molar-refractivity contribution in [1.29, 1.82) is 0 Å². The lowest BCUT2D eigenvalue weighted by Crippen LogP contribution is -2.40. The summed E-state index contributed by atoms with van der Waals surface area (Å²) in [6.07, 6.45) is 2.89. The van der Waals surface area contributed by atoms with E-state index in [9.17, 15) is 18.4 Å². The number of hydrogen-bond donors (Lipinski definition) is 1. The minimum Gasteiger partial charge on any atom is -0.377 e. The van der Waals surface area contributed by atoms with Gasteiger partial charge in [0, 0.05) is 25.3 Å². The van der Waals surface area contributed by atoms with Crippen molar-refractivity contribution in [3.8, 4) is 0 Å². The van der Waals surface area contributed by atoms with Crippen molar-refractivity contribution in [2.24, 2.45) is 17.6 Å². The lowest BCUT2D eigenvalue weighted by molar-refractivity contribution is -0.123. The molecular formula is C18H22F2N2O3. The normalized spacial score (nSPS) is 24.5. The standard InChI is InChI=1S/C18H22F2N2O3/c19-14-2-1-12(10-15(14)20)18(24)22-6-3-11(4-7-22)9-16-13(17(21)23)5-8-25-16/h1-2,10-11,13,16H,3-9H2,(H2,21,23)/t13-,16-/m1/s1. The van der Waals surface area contributed by atoms with Crippen LogP contribution in [0.2, 0.25) is 0 Å². The third-order valence-electron chi connectivity index (χ3n) is 5.21. The zero-order valence-corrected chi connectivity index (χ0v) is 13.9. The first-order valence-electron chi connectivity index (χ1n) is 8.61. The maximum atomic E-state index is 13.3. The Bertz CT molecular complexity index is 660.